The number of hydrogen-bond donors (Lipinski definition) is 1. The number of carboxylic acids is 1. The second kappa shape index (κ2) is 8.03. The minimum atomic E-state index is -4.41. The number of para-hydroxylation sites is 1. The van der Waals surface area contributed by atoms with Gasteiger partial charge in [0.1, 0.15) is 6.61 Å². The lowest BCUT2D eigenvalue weighted by Gasteiger charge is -2.23. The van der Waals surface area contributed by atoms with Gasteiger partial charge in [-0.25, -0.2) is 4.79 Å². The molecule has 1 N–H and O–H groups in total. The summed E-state index contributed by atoms with van der Waals surface area (Å²) in [5.74, 6) is -1.08. The van der Waals surface area contributed by atoms with E-state index in [1.807, 2.05) is 13.8 Å². The Morgan fingerprint density at radius 2 is 2.00 bits per heavy atom. The molecule has 0 aromatic heterocycles. The van der Waals surface area contributed by atoms with Crippen molar-refractivity contribution in [2.45, 2.75) is 32.5 Å². The van der Waals surface area contributed by atoms with Gasteiger partial charge in [-0.05, 0) is 18.6 Å². The van der Waals surface area contributed by atoms with E-state index in [9.17, 15) is 18.0 Å². The Labute approximate surface area is 127 Å². The number of carbonyl (C=O) groups is 1. The molecule has 124 valence electrons. The second-order valence-corrected chi connectivity index (χ2v) is 4.58. The molecule has 7 heteroatoms. The Kier molecular flexibility index (Phi) is 6.67. The third-order valence-corrected chi connectivity index (χ3v) is 3.14. The number of alkyl halides is 3. The summed E-state index contributed by atoms with van der Waals surface area (Å²) in [5, 5.41) is 8.52. The molecule has 1 aliphatic heterocycles. The number of benzene rings is 1. The summed E-state index contributed by atoms with van der Waals surface area (Å²) >= 11 is 0. The van der Waals surface area contributed by atoms with Crippen molar-refractivity contribution >= 4 is 11.7 Å². The first-order valence-electron chi connectivity index (χ1n) is 7.12. The third kappa shape index (κ3) is 4.91. The average molecular weight is 319 g/mol. The van der Waals surface area contributed by atoms with E-state index in [1.54, 1.807) is 11.0 Å². The summed E-state index contributed by atoms with van der Waals surface area (Å²) in [6.45, 7) is 4.25. The molecule has 0 amide bonds. The molecule has 1 aromatic rings. The predicted octanol–water partition coefficient (Wildman–Crippen LogP) is 3.41. The van der Waals surface area contributed by atoms with Gasteiger partial charge in [0.2, 0.25) is 0 Å². The fraction of sp³-hybridized carbons (Fsp3) is 0.533. The summed E-state index contributed by atoms with van der Waals surface area (Å²) in [4.78, 5) is 12.0. The molecule has 4 nitrogen and oxygen atoms in total. The lowest BCUT2D eigenvalue weighted by atomic mass is 10.1. The van der Waals surface area contributed by atoms with Crippen LogP contribution in [0.25, 0.3) is 0 Å². The maximum Gasteiger partial charge on any atom is 0.418 e. The second-order valence-electron chi connectivity index (χ2n) is 4.58. The van der Waals surface area contributed by atoms with Crippen LogP contribution < -0.4 is 4.90 Å². The highest BCUT2D eigenvalue weighted by Crippen LogP contribution is 2.37. The minimum Gasteiger partial charge on any atom is -0.480 e. The van der Waals surface area contributed by atoms with Crippen molar-refractivity contribution in [1.82, 2.24) is 0 Å². The van der Waals surface area contributed by atoms with Crippen LogP contribution >= 0.6 is 0 Å². The largest absolute Gasteiger partial charge is 0.480 e. The monoisotopic (exact) mass is 319 g/mol. The lowest BCUT2D eigenvalue weighted by Crippen LogP contribution is -2.26. The maximum absolute atomic E-state index is 12.9. The number of anilines is 1. The Morgan fingerprint density at radius 1 is 1.36 bits per heavy atom. The van der Waals surface area contributed by atoms with Gasteiger partial charge in [-0.3, -0.25) is 0 Å². The first-order chi connectivity index (χ1) is 10.4. The van der Waals surface area contributed by atoms with E-state index < -0.39 is 24.3 Å². The summed E-state index contributed by atoms with van der Waals surface area (Å²) in [6.07, 6.45) is -4.25. The number of ether oxygens (including phenoxy) is 1. The number of halogens is 3. The molecule has 2 rings (SSSR count). The molecule has 0 saturated carbocycles. The van der Waals surface area contributed by atoms with Crippen LogP contribution in [0.5, 0.6) is 0 Å². The highest BCUT2D eigenvalue weighted by molar-refractivity contribution is 5.68. The molecular weight excluding hydrogens is 299 g/mol. The van der Waals surface area contributed by atoms with Crippen LogP contribution in [0.3, 0.4) is 0 Å². The Bertz CT molecular complexity index is 491. The van der Waals surface area contributed by atoms with E-state index in [1.165, 1.54) is 12.1 Å². The van der Waals surface area contributed by atoms with Gasteiger partial charge in [0, 0.05) is 18.8 Å². The summed E-state index contributed by atoms with van der Waals surface area (Å²) in [7, 11) is 0. The van der Waals surface area contributed by atoms with Crippen LogP contribution in [0.15, 0.2) is 24.3 Å². The molecule has 1 aromatic carbocycles. The number of rotatable bonds is 4. The zero-order valence-electron chi connectivity index (χ0n) is 12.6. The smallest absolute Gasteiger partial charge is 0.418 e. The van der Waals surface area contributed by atoms with E-state index >= 15 is 0 Å². The van der Waals surface area contributed by atoms with Gasteiger partial charge in [-0.15, -0.1) is 0 Å². The normalized spacial score (nSPS) is 17.9. The molecular formula is C15H20F3NO3. The zero-order chi connectivity index (χ0) is 16.8. The highest BCUT2D eigenvalue weighted by atomic mass is 19.4. The fourth-order valence-corrected chi connectivity index (χ4v) is 2.26. The summed E-state index contributed by atoms with van der Waals surface area (Å²) in [5.41, 5.74) is -0.569. The number of aliphatic carboxylic acids is 1. The van der Waals surface area contributed by atoms with E-state index in [4.69, 9.17) is 9.84 Å². The predicted molar refractivity (Wildman–Crippen MR) is 77.0 cm³/mol. The molecule has 1 saturated heterocycles. The minimum absolute atomic E-state index is 0.112. The van der Waals surface area contributed by atoms with Crippen molar-refractivity contribution < 1.29 is 27.8 Å². The standard InChI is InChI=1S/C13H14F3NO3.C2H6/c14-13(15,16)10-3-1-2-4-11(10)17-6-5-9(7-17)20-8-12(18)19;1-2/h1-4,9H,5-8H2,(H,18,19);1-2H3. The Morgan fingerprint density at radius 3 is 2.59 bits per heavy atom. The van der Waals surface area contributed by atoms with Gasteiger partial charge >= 0.3 is 12.1 Å². The van der Waals surface area contributed by atoms with E-state index in [0.717, 1.165) is 6.07 Å². The molecule has 1 heterocycles. The molecule has 0 bridgehead atoms. The van der Waals surface area contributed by atoms with Gasteiger partial charge in [-0.2, -0.15) is 13.2 Å². The third-order valence-electron chi connectivity index (χ3n) is 3.14. The van der Waals surface area contributed by atoms with Gasteiger partial charge < -0.3 is 14.7 Å². The zero-order valence-corrected chi connectivity index (χ0v) is 12.6. The van der Waals surface area contributed by atoms with Crippen molar-refractivity contribution in [3.63, 3.8) is 0 Å². The first kappa shape index (κ1) is 18.3. The fourth-order valence-electron chi connectivity index (χ4n) is 2.26. The van der Waals surface area contributed by atoms with Crippen molar-refractivity contribution in [2.75, 3.05) is 24.6 Å². The molecule has 0 radical (unpaired) electrons. The first-order valence-corrected chi connectivity index (χ1v) is 7.12. The van der Waals surface area contributed by atoms with Crippen molar-refractivity contribution in [2.24, 2.45) is 0 Å². The van der Waals surface area contributed by atoms with E-state index in [0.29, 0.717) is 13.0 Å². The van der Waals surface area contributed by atoms with E-state index in [2.05, 4.69) is 0 Å². The average Bonchev–Trinajstić information content (AvgIpc) is 2.95. The topological polar surface area (TPSA) is 49.8 Å². The summed E-state index contributed by atoms with van der Waals surface area (Å²) in [6, 6.07) is 5.36. The molecule has 0 aliphatic carbocycles. The van der Waals surface area contributed by atoms with Crippen LogP contribution in [0.4, 0.5) is 18.9 Å². The Balaban J connectivity index is 0.00000116. The van der Waals surface area contributed by atoms with Crippen LogP contribution in [-0.2, 0) is 15.7 Å². The van der Waals surface area contributed by atoms with Crippen LogP contribution in [0, 0.1) is 0 Å². The lowest BCUT2D eigenvalue weighted by molar-refractivity contribution is -0.143. The molecule has 0 spiro atoms. The van der Waals surface area contributed by atoms with Crippen molar-refractivity contribution in [1.29, 1.82) is 0 Å². The number of nitrogens with zero attached hydrogens (tertiary/aromatic N) is 1. The number of carboxylic acid groups (broad SMARTS) is 1. The molecule has 1 unspecified atom stereocenters. The molecule has 1 aliphatic rings. The quantitative estimate of drug-likeness (QED) is 0.924. The van der Waals surface area contributed by atoms with Crippen LogP contribution in [-0.4, -0.2) is 36.9 Å². The van der Waals surface area contributed by atoms with Gasteiger partial charge in [0.25, 0.3) is 0 Å². The SMILES string of the molecule is CC.O=C(O)COC1CCN(c2ccccc2C(F)(F)F)C1. The molecule has 1 fully saturated rings. The molecule has 22 heavy (non-hydrogen) atoms. The Hall–Kier alpha value is -1.76. The molecule has 1 atom stereocenters. The summed E-state index contributed by atoms with van der Waals surface area (Å²) < 4.78 is 43.9. The van der Waals surface area contributed by atoms with Gasteiger partial charge in [0.05, 0.1) is 11.7 Å². The highest BCUT2D eigenvalue weighted by Gasteiger charge is 2.36. The van der Waals surface area contributed by atoms with Crippen LogP contribution in [0.2, 0.25) is 0 Å². The maximum atomic E-state index is 12.9. The number of hydrogen-bond acceptors (Lipinski definition) is 3. The van der Waals surface area contributed by atoms with Crippen molar-refractivity contribution in [3.8, 4) is 0 Å². The van der Waals surface area contributed by atoms with Gasteiger partial charge in [0.15, 0.2) is 0 Å². The van der Waals surface area contributed by atoms with Crippen LogP contribution in [0.1, 0.15) is 25.8 Å². The van der Waals surface area contributed by atoms with Crippen molar-refractivity contribution in [3.05, 3.63) is 29.8 Å². The van der Waals surface area contributed by atoms with E-state index in [-0.39, 0.29) is 18.3 Å². The van der Waals surface area contributed by atoms with Gasteiger partial charge in [-0.1, -0.05) is 26.0 Å².